The number of non-ortho nitro benzene ring substituents is 1. The number of hydrogen-bond acceptors (Lipinski definition) is 5. The van der Waals surface area contributed by atoms with Crippen LogP contribution in [-0.4, -0.2) is 15.1 Å². The summed E-state index contributed by atoms with van der Waals surface area (Å²) in [6.07, 6.45) is 0. The van der Waals surface area contributed by atoms with Crippen molar-refractivity contribution in [1.82, 2.24) is 10.2 Å². The topological polar surface area (TPSA) is 68.9 Å². The molecular weight excluding hydrogens is 329 g/mol. The van der Waals surface area contributed by atoms with E-state index in [0.717, 1.165) is 16.2 Å². The van der Waals surface area contributed by atoms with Gasteiger partial charge in [-0.05, 0) is 42.0 Å². The van der Waals surface area contributed by atoms with Gasteiger partial charge in [0.05, 0.1) is 10.6 Å². The molecule has 2 aromatic carbocycles. The average Bonchev–Trinajstić information content (AvgIpc) is 2.61. The van der Waals surface area contributed by atoms with E-state index in [0.29, 0.717) is 11.4 Å². The Labute approximate surface area is 141 Å². The van der Waals surface area contributed by atoms with E-state index >= 15 is 0 Å². The summed E-state index contributed by atoms with van der Waals surface area (Å²) in [5, 5.41) is 19.7. The van der Waals surface area contributed by atoms with E-state index in [1.165, 1.54) is 36.0 Å². The Balaban J connectivity index is 1.63. The highest BCUT2D eigenvalue weighted by atomic mass is 32.2. The van der Waals surface area contributed by atoms with Crippen LogP contribution in [0.1, 0.15) is 5.56 Å². The molecule has 0 atom stereocenters. The van der Waals surface area contributed by atoms with Crippen molar-refractivity contribution in [3.63, 3.8) is 0 Å². The Kier molecular flexibility index (Phi) is 4.81. The van der Waals surface area contributed by atoms with E-state index in [9.17, 15) is 14.5 Å². The number of halogens is 1. The molecule has 1 heterocycles. The number of aromatic nitrogens is 2. The number of nitro groups is 1. The molecule has 5 nitrogen and oxygen atoms in total. The highest BCUT2D eigenvalue weighted by Gasteiger charge is 2.06. The number of rotatable bonds is 5. The van der Waals surface area contributed by atoms with Crippen molar-refractivity contribution in [3.8, 4) is 11.3 Å². The molecular formula is C17H12FN3O2S. The predicted octanol–water partition coefficient (Wildman–Crippen LogP) is 4.48. The third kappa shape index (κ3) is 3.94. The Morgan fingerprint density at radius 2 is 1.67 bits per heavy atom. The van der Waals surface area contributed by atoms with Gasteiger partial charge in [0.2, 0.25) is 0 Å². The third-order valence-corrected chi connectivity index (χ3v) is 4.31. The molecule has 0 N–H and O–H groups in total. The normalized spacial score (nSPS) is 10.5. The smallest absolute Gasteiger partial charge is 0.258 e. The minimum Gasteiger partial charge on any atom is -0.258 e. The molecule has 0 bridgehead atoms. The number of nitrogens with zero attached hydrogens (tertiary/aromatic N) is 3. The maximum atomic E-state index is 12.9. The summed E-state index contributed by atoms with van der Waals surface area (Å²) in [5.41, 5.74) is 2.52. The summed E-state index contributed by atoms with van der Waals surface area (Å²) in [4.78, 5) is 10.2. The lowest BCUT2D eigenvalue weighted by molar-refractivity contribution is -0.384. The van der Waals surface area contributed by atoms with Crippen molar-refractivity contribution in [2.45, 2.75) is 10.8 Å². The van der Waals surface area contributed by atoms with Gasteiger partial charge in [-0.1, -0.05) is 23.9 Å². The Morgan fingerprint density at radius 1 is 0.958 bits per heavy atom. The van der Waals surface area contributed by atoms with Crippen molar-refractivity contribution in [3.05, 3.63) is 82.2 Å². The zero-order chi connectivity index (χ0) is 16.9. The van der Waals surface area contributed by atoms with Gasteiger partial charge < -0.3 is 0 Å². The highest BCUT2D eigenvalue weighted by molar-refractivity contribution is 7.98. The van der Waals surface area contributed by atoms with E-state index in [1.54, 1.807) is 24.3 Å². The molecule has 0 radical (unpaired) electrons. The van der Waals surface area contributed by atoms with E-state index in [2.05, 4.69) is 10.2 Å². The SMILES string of the molecule is O=[N+]([O-])c1ccc(CSc2ccc(-c3ccc(F)cc3)nn2)cc1. The van der Waals surface area contributed by atoms with Crippen LogP contribution in [-0.2, 0) is 5.75 Å². The quantitative estimate of drug-likeness (QED) is 0.389. The van der Waals surface area contributed by atoms with Crippen molar-refractivity contribution in [2.75, 3.05) is 0 Å². The molecule has 0 aliphatic rings. The summed E-state index contributed by atoms with van der Waals surface area (Å²) in [5.74, 6) is 0.352. The molecule has 0 spiro atoms. The van der Waals surface area contributed by atoms with Crippen molar-refractivity contribution in [1.29, 1.82) is 0 Å². The maximum Gasteiger partial charge on any atom is 0.269 e. The molecule has 0 saturated heterocycles. The van der Waals surface area contributed by atoms with Gasteiger partial charge in [-0.25, -0.2) is 4.39 Å². The van der Waals surface area contributed by atoms with Crippen LogP contribution in [0.15, 0.2) is 65.7 Å². The largest absolute Gasteiger partial charge is 0.269 e. The fourth-order valence-corrected chi connectivity index (χ4v) is 2.81. The molecule has 1 aromatic heterocycles. The van der Waals surface area contributed by atoms with Gasteiger partial charge in [0.25, 0.3) is 5.69 Å². The first-order chi connectivity index (χ1) is 11.6. The lowest BCUT2D eigenvalue weighted by Gasteiger charge is -2.03. The molecule has 0 aliphatic heterocycles. The minimum absolute atomic E-state index is 0.0761. The van der Waals surface area contributed by atoms with Crippen LogP contribution in [0, 0.1) is 15.9 Å². The van der Waals surface area contributed by atoms with Crippen LogP contribution in [0.5, 0.6) is 0 Å². The van der Waals surface area contributed by atoms with Crippen LogP contribution in [0.2, 0.25) is 0 Å². The average molecular weight is 341 g/mol. The molecule has 24 heavy (non-hydrogen) atoms. The van der Waals surface area contributed by atoms with Crippen LogP contribution < -0.4 is 0 Å². The highest BCUT2D eigenvalue weighted by Crippen LogP contribution is 2.24. The second-order valence-electron chi connectivity index (χ2n) is 4.98. The standard InChI is InChI=1S/C17H12FN3O2S/c18-14-5-3-13(4-6-14)16-9-10-17(20-19-16)24-11-12-1-7-15(8-2-12)21(22)23/h1-10H,11H2. The predicted molar refractivity (Wildman–Crippen MR) is 90.1 cm³/mol. The van der Waals surface area contributed by atoms with Crippen LogP contribution >= 0.6 is 11.8 Å². The first kappa shape index (κ1) is 16.1. The van der Waals surface area contributed by atoms with Crippen LogP contribution in [0.3, 0.4) is 0 Å². The van der Waals surface area contributed by atoms with Gasteiger partial charge in [-0.2, -0.15) is 0 Å². The van der Waals surface area contributed by atoms with Gasteiger partial charge in [-0.3, -0.25) is 10.1 Å². The molecule has 0 fully saturated rings. The zero-order valence-corrected chi connectivity index (χ0v) is 13.2. The lowest BCUT2D eigenvalue weighted by Crippen LogP contribution is -1.91. The van der Waals surface area contributed by atoms with Gasteiger partial charge >= 0.3 is 0 Å². The zero-order valence-electron chi connectivity index (χ0n) is 12.4. The molecule has 0 saturated carbocycles. The van der Waals surface area contributed by atoms with E-state index in [-0.39, 0.29) is 11.5 Å². The molecule has 0 amide bonds. The lowest BCUT2D eigenvalue weighted by atomic mass is 10.1. The summed E-state index contributed by atoms with van der Waals surface area (Å²) < 4.78 is 12.9. The van der Waals surface area contributed by atoms with Gasteiger partial charge in [0.15, 0.2) is 0 Å². The first-order valence-electron chi connectivity index (χ1n) is 7.07. The second-order valence-corrected chi connectivity index (χ2v) is 5.97. The van der Waals surface area contributed by atoms with E-state index in [4.69, 9.17) is 0 Å². The van der Waals surface area contributed by atoms with Crippen molar-refractivity contribution < 1.29 is 9.31 Å². The van der Waals surface area contributed by atoms with Crippen molar-refractivity contribution in [2.24, 2.45) is 0 Å². The van der Waals surface area contributed by atoms with Gasteiger partial charge in [0, 0.05) is 23.4 Å². The second kappa shape index (κ2) is 7.18. The molecule has 120 valence electrons. The maximum absolute atomic E-state index is 12.9. The molecule has 3 rings (SSSR count). The summed E-state index contributed by atoms with van der Waals surface area (Å²) in [7, 11) is 0. The summed E-state index contributed by atoms with van der Waals surface area (Å²) in [6.45, 7) is 0. The van der Waals surface area contributed by atoms with Crippen molar-refractivity contribution >= 4 is 17.4 Å². The number of thioether (sulfide) groups is 1. The minimum atomic E-state index is -0.420. The Morgan fingerprint density at radius 3 is 2.25 bits per heavy atom. The fraction of sp³-hybridized carbons (Fsp3) is 0.0588. The van der Waals surface area contributed by atoms with E-state index < -0.39 is 4.92 Å². The van der Waals surface area contributed by atoms with E-state index in [1.807, 2.05) is 12.1 Å². The number of hydrogen-bond donors (Lipinski definition) is 0. The Hall–Kier alpha value is -2.80. The molecule has 3 aromatic rings. The summed E-state index contributed by atoms with van der Waals surface area (Å²) in [6, 6.07) is 16.2. The molecule has 7 heteroatoms. The van der Waals surface area contributed by atoms with Crippen LogP contribution in [0.4, 0.5) is 10.1 Å². The van der Waals surface area contributed by atoms with Crippen LogP contribution in [0.25, 0.3) is 11.3 Å². The number of benzene rings is 2. The third-order valence-electron chi connectivity index (χ3n) is 3.31. The number of nitro benzene ring substituents is 1. The monoisotopic (exact) mass is 341 g/mol. The molecule has 0 unspecified atom stereocenters. The first-order valence-corrected chi connectivity index (χ1v) is 8.06. The fourth-order valence-electron chi connectivity index (χ4n) is 2.04. The molecule has 0 aliphatic carbocycles. The van der Waals surface area contributed by atoms with Gasteiger partial charge in [0.1, 0.15) is 10.8 Å². The Bertz CT molecular complexity index is 837. The van der Waals surface area contributed by atoms with Gasteiger partial charge in [-0.15, -0.1) is 10.2 Å². The summed E-state index contributed by atoms with van der Waals surface area (Å²) >= 11 is 1.49.